The van der Waals surface area contributed by atoms with Gasteiger partial charge in [-0.3, -0.25) is 9.59 Å². The fraction of sp³-hybridized carbons (Fsp3) is 0.0556. The van der Waals surface area contributed by atoms with E-state index >= 15 is 0 Å². The SMILES string of the molecule is CC(=O)Nc1nc2ccc(NC(=O)/C=C/c3cccc(F)c3)cc2s1. The van der Waals surface area contributed by atoms with Crippen LogP contribution in [0.25, 0.3) is 16.3 Å². The van der Waals surface area contributed by atoms with Crippen LogP contribution < -0.4 is 10.6 Å². The molecule has 2 amide bonds. The third-order valence-corrected chi connectivity index (χ3v) is 4.15. The molecule has 1 aromatic heterocycles. The lowest BCUT2D eigenvalue weighted by Gasteiger charge is -2.01. The number of halogens is 1. The highest BCUT2D eigenvalue weighted by Gasteiger charge is 2.07. The minimum atomic E-state index is -0.354. The van der Waals surface area contributed by atoms with Gasteiger partial charge >= 0.3 is 0 Å². The Morgan fingerprint density at radius 2 is 2.00 bits per heavy atom. The Morgan fingerprint density at radius 3 is 2.76 bits per heavy atom. The predicted octanol–water partition coefficient (Wildman–Crippen LogP) is 4.05. The number of thiazole rings is 1. The van der Waals surface area contributed by atoms with Crippen molar-refractivity contribution in [3.8, 4) is 0 Å². The van der Waals surface area contributed by atoms with E-state index in [-0.39, 0.29) is 17.6 Å². The van der Waals surface area contributed by atoms with E-state index in [0.717, 1.165) is 10.2 Å². The molecule has 7 heteroatoms. The number of nitrogens with one attached hydrogen (secondary N) is 2. The molecule has 5 nitrogen and oxygen atoms in total. The van der Waals surface area contributed by atoms with Crippen LogP contribution in [0.2, 0.25) is 0 Å². The second-order valence-corrected chi connectivity index (χ2v) is 6.29. The molecule has 0 atom stereocenters. The Balaban J connectivity index is 1.71. The number of anilines is 2. The second kappa shape index (κ2) is 7.23. The number of aromatic nitrogens is 1. The van der Waals surface area contributed by atoms with Gasteiger partial charge in [-0.15, -0.1) is 0 Å². The number of rotatable bonds is 4. The Hall–Kier alpha value is -3.06. The van der Waals surface area contributed by atoms with E-state index < -0.39 is 0 Å². The predicted molar refractivity (Wildman–Crippen MR) is 98.0 cm³/mol. The molecule has 3 aromatic rings. The minimum absolute atomic E-state index is 0.185. The summed E-state index contributed by atoms with van der Waals surface area (Å²) < 4.78 is 13.9. The molecule has 0 aliphatic carbocycles. The van der Waals surface area contributed by atoms with Crippen molar-refractivity contribution in [2.45, 2.75) is 6.92 Å². The normalized spacial score (nSPS) is 11.0. The summed E-state index contributed by atoms with van der Waals surface area (Å²) in [5, 5.41) is 5.89. The van der Waals surface area contributed by atoms with Crippen LogP contribution in [0.4, 0.5) is 15.2 Å². The van der Waals surface area contributed by atoms with Gasteiger partial charge in [0, 0.05) is 18.7 Å². The largest absolute Gasteiger partial charge is 0.322 e. The Morgan fingerprint density at radius 1 is 1.16 bits per heavy atom. The zero-order valence-corrected chi connectivity index (χ0v) is 14.1. The van der Waals surface area contributed by atoms with Gasteiger partial charge in [0.15, 0.2) is 5.13 Å². The molecule has 2 aromatic carbocycles. The first-order valence-electron chi connectivity index (χ1n) is 7.42. The van der Waals surface area contributed by atoms with Crippen molar-refractivity contribution in [3.63, 3.8) is 0 Å². The van der Waals surface area contributed by atoms with Gasteiger partial charge < -0.3 is 10.6 Å². The molecule has 0 spiro atoms. The van der Waals surface area contributed by atoms with Crippen molar-refractivity contribution in [2.24, 2.45) is 0 Å². The van der Waals surface area contributed by atoms with E-state index in [1.54, 1.807) is 36.4 Å². The van der Waals surface area contributed by atoms with Crippen LogP contribution in [0.15, 0.2) is 48.5 Å². The van der Waals surface area contributed by atoms with Gasteiger partial charge in [-0.2, -0.15) is 0 Å². The fourth-order valence-electron chi connectivity index (χ4n) is 2.17. The molecule has 0 bridgehead atoms. The molecule has 1 heterocycles. The second-order valence-electron chi connectivity index (χ2n) is 5.26. The van der Waals surface area contributed by atoms with Crippen molar-refractivity contribution in [1.29, 1.82) is 0 Å². The zero-order chi connectivity index (χ0) is 17.8. The van der Waals surface area contributed by atoms with Gasteiger partial charge in [0.2, 0.25) is 11.8 Å². The van der Waals surface area contributed by atoms with Gasteiger partial charge in [0.05, 0.1) is 10.2 Å². The van der Waals surface area contributed by atoms with Crippen molar-refractivity contribution in [3.05, 3.63) is 59.9 Å². The van der Waals surface area contributed by atoms with E-state index in [4.69, 9.17) is 0 Å². The summed E-state index contributed by atoms with van der Waals surface area (Å²) in [6.07, 6.45) is 2.88. The average Bonchev–Trinajstić information content (AvgIpc) is 2.93. The number of amides is 2. The number of nitrogens with zero attached hydrogens (tertiary/aromatic N) is 1. The lowest BCUT2D eigenvalue weighted by Crippen LogP contribution is -2.07. The van der Waals surface area contributed by atoms with Gasteiger partial charge in [-0.25, -0.2) is 9.37 Å². The van der Waals surface area contributed by atoms with Crippen LogP contribution >= 0.6 is 11.3 Å². The van der Waals surface area contributed by atoms with E-state index in [1.165, 1.54) is 36.5 Å². The van der Waals surface area contributed by atoms with Gasteiger partial charge in [-0.05, 0) is 42.0 Å². The highest BCUT2D eigenvalue weighted by atomic mass is 32.1. The molecule has 2 N–H and O–H groups in total. The quantitative estimate of drug-likeness (QED) is 0.694. The van der Waals surface area contributed by atoms with E-state index in [2.05, 4.69) is 15.6 Å². The summed E-state index contributed by atoms with van der Waals surface area (Å²) in [5.74, 6) is -0.863. The highest BCUT2D eigenvalue weighted by molar-refractivity contribution is 7.22. The first-order valence-corrected chi connectivity index (χ1v) is 8.24. The summed E-state index contributed by atoms with van der Waals surface area (Å²) in [4.78, 5) is 27.4. The lowest BCUT2D eigenvalue weighted by molar-refractivity contribution is -0.114. The average molecular weight is 355 g/mol. The van der Waals surface area contributed by atoms with Crippen molar-refractivity contribution in [2.75, 3.05) is 10.6 Å². The number of carbonyl (C=O) groups is 2. The van der Waals surface area contributed by atoms with Gasteiger partial charge in [0.1, 0.15) is 5.82 Å². The number of fused-ring (bicyclic) bond motifs is 1. The summed E-state index contributed by atoms with van der Waals surface area (Å²) in [6.45, 7) is 1.42. The Labute approximate surface area is 147 Å². The summed E-state index contributed by atoms with van der Waals surface area (Å²) >= 11 is 1.32. The summed E-state index contributed by atoms with van der Waals surface area (Å²) in [7, 11) is 0. The van der Waals surface area contributed by atoms with Crippen LogP contribution in [0.3, 0.4) is 0 Å². The molecule has 126 valence electrons. The van der Waals surface area contributed by atoms with Crippen molar-refractivity contribution >= 4 is 50.3 Å². The molecular weight excluding hydrogens is 341 g/mol. The lowest BCUT2D eigenvalue weighted by atomic mass is 10.2. The van der Waals surface area contributed by atoms with E-state index in [9.17, 15) is 14.0 Å². The molecule has 0 unspecified atom stereocenters. The Bertz CT molecular complexity index is 981. The maximum absolute atomic E-state index is 13.1. The fourth-order valence-corrected chi connectivity index (χ4v) is 3.12. The minimum Gasteiger partial charge on any atom is -0.322 e. The topological polar surface area (TPSA) is 71.1 Å². The summed E-state index contributed by atoms with van der Waals surface area (Å²) in [5.41, 5.74) is 1.95. The molecular formula is C18H14FN3O2S. The smallest absolute Gasteiger partial charge is 0.248 e. The number of hydrogen-bond donors (Lipinski definition) is 2. The monoisotopic (exact) mass is 355 g/mol. The van der Waals surface area contributed by atoms with Crippen molar-refractivity contribution < 1.29 is 14.0 Å². The van der Waals surface area contributed by atoms with E-state index in [0.29, 0.717) is 16.4 Å². The maximum Gasteiger partial charge on any atom is 0.248 e. The van der Waals surface area contributed by atoms with Crippen LogP contribution in [0, 0.1) is 5.82 Å². The number of carbonyl (C=O) groups excluding carboxylic acids is 2. The first kappa shape index (κ1) is 16.8. The first-order chi connectivity index (χ1) is 12.0. The van der Waals surface area contributed by atoms with Crippen LogP contribution in [0.1, 0.15) is 12.5 Å². The third-order valence-electron chi connectivity index (χ3n) is 3.21. The molecule has 0 saturated heterocycles. The molecule has 0 aliphatic heterocycles. The maximum atomic E-state index is 13.1. The van der Waals surface area contributed by atoms with Crippen LogP contribution in [0.5, 0.6) is 0 Å². The summed E-state index contributed by atoms with van der Waals surface area (Å²) in [6, 6.07) is 11.3. The molecule has 3 rings (SSSR count). The molecule has 0 fully saturated rings. The number of benzene rings is 2. The molecule has 25 heavy (non-hydrogen) atoms. The molecule has 0 saturated carbocycles. The Kier molecular flexibility index (Phi) is 4.85. The van der Waals surface area contributed by atoms with Crippen LogP contribution in [-0.2, 0) is 9.59 Å². The zero-order valence-electron chi connectivity index (χ0n) is 13.2. The molecule has 0 radical (unpaired) electrons. The van der Waals surface area contributed by atoms with Crippen LogP contribution in [-0.4, -0.2) is 16.8 Å². The number of hydrogen-bond acceptors (Lipinski definition) is 4. The van der Waals surface area contributed by atoms with E-state index in [1.807, 2.05) is 0 Å². The molecule has 0 aliphatic rings. The standard InChI is InChI=1S/C18H14FN3O2S/c1-11(23)20-18-22-15-7-6-14(10-16(15)25-18)21-17(24)8-5-12-3-2-4-13(19)9-12/h2-10H,1H3,(H,21,24)(H,20,22,23)/b8-5+. The highest BCUT2D eigenvalue weighted by Crippen LogP contribution is 2.28. The van der Waals surface area contributed by atoms with Crippen molar-refractivity contribution in [1.82, 2.24) is 4.98 Å². The third kappa shape index (κ3) is 4.48. The van der Waals surface area contributed by atoms with Gasteiger partial charge in [0.25, 0.3) is 0 Å². The van der Waals surface area contributed by atoms with Gasteiger partial charge in [-0.1, -0.05) is 23.5 Å².